The first-order chi connectivity index (χ1) is 25.3. The topological polar surface area (TPSA) is 226 Å². The van der Waals surface area contributed by atoms with Crippen LogP contribution in [0.1, 0.15) is 7.43 Å². The molecule has 2 aromatic heterocycles. The van der Waals surface area contributed by atoms with Gasteiger partial charge < -0.3 is 67.5 Å². The van der Waals surface area contributed by atoms with Crippen molar-refractivity contribution in [1.82, 2.24) is 0 Å². The molecule has 6 aromatic rings. The molecule has 286 valence electrons. The van der Waals surface area contributed by atoms with Gasteiger partial charge in [0.2, 0.25) is 33.9 Å². The number of phenolic OH excluding ortho intramolecular Hbond substituents is 4. The fourth-order valence-electron chi connectivity index (χ4n) is 5.46. The van der Waals surface area contributed by atoms with E-state index in [1.165, 1.54) is 55.8 Å². The molecule has 5 N–H and O–H groups in total. The lowest BCUT2D eigenvalue weighted by atomic mass is 10.1. The van der Waals surface area contributed by atoms with Gasteiger partial charge in [0.25, 0.3) is 0 Å². The van der Waals surface area contributed by atoms with Gasteiger partial charge in [0.05, 0.1) is 49.8 Å². The summed E-state index contributed by atoms with van der Waals surface area (Å²) in [5.41, 5.74) is -0.626. The van der Waals surface area contributed by atoms with Gasteiger partial charge in [-0.05, 0) is 24.3 Å². The summed E-state index contributed by atoms with van der Waals surface area (Å²) in [5.74, 6) is -0.917. The summed E-state index contributed by atoms with van der Waals surface area (Å²) in [4.78, 5) is 25.4. The van der Waals surface area contributed by atoms with Crippen LogP contribution >= 0.6 is 0 Å². The molecule has 4 aromatic carbocycles. The third-order valence-electron chi connectivity index (χ3n) is 7.95. The monoisotopic (exact) mass is 750 g/mol. The molecule has 54 heavy (non-hydrogen) atoms. The quantitative estimate of drug-likeness (QED) is 0.105. The maximum absolute atomic E-state index is 13.2. The molecule has 0 saturated carbocycles. The molecule has 0 fully saturated rings. The van der Waals surface area contributed by atoms with E-state index in [9.17, 15) is 35.1 Å². The average molecular weight is 751 g/mol. The molecule has 0 atom stereocenters. The lowest BCUT2D eigenvalue weighted by molar-refractivity contribution is 0.324. The molecule has 0 unspecified atom stereocenters. The Balaban J connectivity index is 0.000000240. The Hall–Kier alpha value is -7.10. The highest BCUT2D eigenvalue weighted by Gasteiger charge is 2.24. The second-order valence-corrected chi connectivity index (χ2v) is 10.9. The second kappa shape index (κ2) is 16.1. The summed E-state index contributed by atoms with van der Waals surface area (Å²) in [5, 5.41) is 48.7. The van der Waals surface area contributed by atoms with Gasteiger partial charge in [-0.1, -0.05) is 7.43 Å². The molecular weight excluding hydrogens is 712 g/mol. The number of hydrogen-bond acceptors (Lipinski definition) is 16. The van der Waals surface area contributed by atoms with Crippen LogP contribution in [0.2, 0.25) is 0 Å². The molecule has 0 amide bonds. The van der Waals surface area contributed by atoms with E-state index in [1.807, 2.05) is 0 Å². The van der Waals surface area contributed by atoms with E-state index in [2.05, 4.69) is 0 Å². The largest absolute Gasteiger partial charge is 0.508 e. The zero-order valence-corrected chi connectivity index (χ0v) is 29.3. The minimum Gasteiger partial charge on any atom is -0.508 e. The fraction of sp³-hybridized carbons (Fsp3) is 0.211. The highest BCUT2D eigenvalue weighted by atomic mass is 16.5. The van der Waals surface area contributed by atoms with Crippen molar-refractivity contribution in [3.8, 4) is 91.6 Å². The summed E-state index contributed by atoms with van der Waals surface area (Å²) in [7, 11) is 10.2. The Bertz CT molecular complexity index is 2440. The van der Waals surface area contributed by atoms with Gasteiger partial charge in [-0.2, -0.15) is 0 Å². The highest BCUT2D eigenvalue weighted by Crippen LogP contribution is 2.45. The lowest BCUT2D eigenvalue weighted by Gasteiger charge is -2.16. The predicted molar refractivity (Wildman–Crippen MR) is 197 cm³/mol. The Morgan fingerprint density at radius 2 is 1.00 bits per heavy atom. The van der Waals surface area contributed by atoms with Crippen LogP contribution in [0, 0.1) is 0 Å². The smallest absolute Gasteiger partial charge is 0.239 e. The standard InChI is InChI=1S/C21H22O8.C16H12O8.CH4/c1-23-12-9-13(24-2)17-14(10-12)29-19(21(28-6)18(17)22)11-7-15(25-3)20(27-5)16(8-11)26-4;1-23-11-3-6(2-9(19)13(11)20)16-15(22)14(21)12-8(18)4-7(17)5-10(12)24-16;/h7-10H,1-6H3;2-5,17-20,22H,1H3;1H4. The first-order valence-electron chi connectivity index (χ1n) is 15.2. The Morgan fingerprint density at radius 1 is 0.463 bits per heavy atom. The van der Waals surface area contributed by atoms with Crippen molar-refractivity contribution < 1.29 is 67.5 Å². The van der Waals surface area contributed by atoms with Gasteiger partial charge in [0, 0.05) is 35.4 Å². The molecule has 2 heterocycles. The van der Waals surface area contributed by atoms with Gasteiger partial charge >= 0.3 is 0 Å². The minimum absolute atomic E-state index is 0. The van der Waals surface area contributed by atoms with Crippen LogP contribution in [0.5, 0.6) is 69.0 Å². The van der Waals surface area contributed by atoms with Gasteiger partial charge in [-0.15, -0.1) is 0 Å². The van der Waals surface area contributed by atoms with E-state index in [0.717, 1.165) is 18.2 Å². The number of fused-ring (bicyclic) bond motifs is 2. The fourth-order valence-corrected chi connectivity index (χ4v) is 5.46. The molecule has 0 bridgehead atoms. The molecule has 0 aliphatic carbocycles. The summed E-state index contributed by atoms with van der Waals surface area (Å²) in [6.07, 6.45) is 0. The van der Waals surface area contributed by atoms with Crippen LogP contribution in [0.4, 0.5) is 0 Å². The molecular formula is C38H38O16. The van der Waals surface area contributed by atoms with E-state index in [4.69, 9.17) is 42.0 Å². The van der Waals surface area contributed by atoms with Gasteiger partial charge in [-0.3, -0.25) is 9.59 Å². The minimum atomic E-state index is -0.921. The predicted octanol–water partition coefficient (Wildman–Crippen LogP) is 6.14. The average Bonchev–Trinajstić information content (AvgIpc) is 3.15. The van der Waals surface area contributed by atoms with Crippen molar-refractivity contribution in [3.05, 3.63) is 69.0 Å². The number of hydrogen-bond donors (Lipinski definition) is 5. The normalized spacial score (nSPS) is 10.5. The van der Waals surface area contributed by atoms with Crippen molar-refractivity contribution in [2.24, 2.45) is 0 Å². The maximum Gasteiger partial charge on any atom is 0.239 e. The zero-order valence-electron chi connectivity index (χ0n) is 29.3. The van der Waals surface area contributed by atoms with Crippen LogP contribution in [0.25, 0.3) is 44.6 Å². The van der Waals surface area contributed by atoms with Crippen molar-refractivity contribution in [3.63, 3.8) is 0 Å². The van der Waals surface area contributed by atoms with Crippen molar-refractivity contribution in [2.45, 2.75) is 7.43 Å². The van der Waals surface area contributed by atoms with Crippen LogP contribution in [-0.2, 0) is 0 Å². The number of benzene rings is 4. The number of aromatic hydroxyl groups is 5. The number of ether oxygens (including phenoxy) is 7. The van der Waals surface area contributed by atoms with E-state index in [-0.39, 0.29) is 69.1 Å². The van der Waals surface area contributed by atoms with Crippen LogP contribution < -0.4 is 44.0 Å². The van der Waals surface area contributed by atoms with E-state index < -0.39 is 28.4 Å². The molecule has 0 radical (unpaired) electrons. The molecule has 6 rings (SSSR count). The molecule has 16 heteroatoms. The summed E-state index contributed by atoms with van der Waals surface area (Å²) in [6, 6.07) is 10.9. The number of rotatable bonds is 9. The van der Waals surface area contributed by atoms with Crippen molar-refractivity contribution in [2.75, 3.05) is 49.8 Å². The second-order valence-electron chi connectivity index (χ2n) is 10.9. The van der Waals surface area contributed by atoms with Crippen molar-refractivity contribution >= 4 is 21.9 Å². The molecule has 16 nitrogen and oxygen atoms in total. The zero-order chi connectivity index (χ0) is 38.7. The van der Waals surface area contributed by atoms with Crippen LogP contribution in [-0.4, -0.2) is 75.3 Å². The summed E-state index contributed by atoms with van der Waals surface area (Å²) >= 11 is 0. The SMILES string of the molecule is C.COc1cc(-c2oc3cc(O)cc(O)c3c(=O)c2O)cc(O)c1O.COc1cc(OC)c2c(=O)c(OC)c(-c3cc(OC)c(OC)c(OC)c3)oc2c1. The highest BCUT2D eigenvalue weighted by molar-refractivity contribution is 5.90. The van der Waals surface area contributed by atoms with Gasteiger partial charge in [0.1, 0.15) is 44.9 Å². The molecule has 0 aliphatic heterocycles. The van der Waals surface area contributed by atoms with Crippen LogP contribution in [0.3, 0.4) is 0 Å². The Labute approximate surface area is 307 Å². The Morgan fingerprint density at radius 3 is 1.56 bits per heavy atom. The molecule has 0 aliphatic rings. The summed E-state index contributed by atoms with van der Waals surface area (Å²) in [6.45, 7) is 0. The summed E-state index contributed by atoms with van der Waals surface area (Å²) < 4.78 is 48.5. The van der Waals surface area contributed by atoms with E-state index in [1.54, 1.807) is 24.3 Å². The van der Waals surface area contributed by atoms with Gasteiger partial charge in [0.15, 0.2) is 34.5 Å². The third-order valence-corrected chi connectivity index (χ3v) is 7.95. The molecule has 0 saturated heterocycles. The third kappa shape index (κ3) is 7.04. The Kier molecular flexibility index (Phi) is 11.8. The van der Waals surface area contributed by atoms with E-state index >= 15 is 0 Å². The van der Waals surface area contributed by atoms with Gasteiger partial charge in [-0.25, -0.2) is 0 Å². The first-order valence-corrected chi connectivity index (χ1v) is 15.2. The first kappa shape index (κ1) is 39.7. The number of methoxy groups -OCH3 is 7. The lowest BCUT2D eigenvalue weighted by Crippen LogP contribution is -2.09. The maximum atomic E-state index is 13.2. The number of phenols is 4. The molecule has 0 spiro atoms. The van der Waals surface area contributed by atoms with E-state index in [0.29, 0.717) is 34.3 Å². The van der Waals surface area contributed by atoms with Crippen LogP contribution in [0.15, 0.2) is 67.0 Å². The van der Waals surface area contributed by atoms with Crippen molar-refractivity contribution in [1.29, 1.82) is 0 Å².